The lowest BCUT2D eigenvalue weighted by Crippen LogP contribution is -2.45. The maximum absolute atomic E-state index is 12.7. The third-order valence-electron chi connectivity index (χ3n) is 4.59. The van der Waals surface area contributed by atoms with Crippen molar-refractivity contribution in [3.8, 4) is 5.75 Å². The molecule has 31 heavy (non-hydrogen) atoms. The number of hydrogen-bond acceptors (Lipinski definition) is 5. The van der Waals surface area contributed by atoms with Crippen LogP contribution in [0.4, 0.5) is 5.69 Å². The van der Waals surface area contributed by atoms with Gasteiger partial charge in [0.05, 0.1) is 21.2 Å². The average Bonchev–Trinajstić information content (AvgIpc) is 2.97. The number of nitrogens with zero attached hydrogens (tertiary/aromatic N) is 1. The summed E-state index contributed by atoms with van der Waals surface area (Å²) in [6, 6.07) is 7.92. The Morgan fingerprint density at radius 1 is 1.03 bits per heavy atom. The fourth-order valence-electron chi connectivity index (χ4n) is 3.00. The summed E-state index contributed by atoms with van der Waals surface area (Å²) in [6.45, 7) is 3.65. The van der Waals surface area contributed by atoms with Gasteiger partial charge in [-0.3, -0.25) is 24.1 Å². The minimum Gasteiger partial charge on any atom is -0.484 e. The van der Waals surface area contributed by atoms with Crippen LogP contribution < -0.4 is 15.4 Å². The number of hydrogen-bond donors (Lipinski definition) is 2. The summed E-state index contributed by atoms with van der Waals surface area (Å²) in [4.78, 5) is 50.3. The molecule has 4 amide bonds. The molecule has 1 heterocycles. The van der Waals surface area contributed by atoms with Crippen molar-refractivity contribution in [1.29, 1.82) is 0 Å². The van der Waals surface area contributed by atoms with Crippen LogP contribution in [0.3, 0.4) is 0 Å². The highest BCUT2D eigenvalue weighted by Crippen LogP contribution is 2.32. The third-order valence-corrected chi connectivity index (χ3v) is 5.31. The van der Waals surface area contributed by atoms with Crippen LogP contribution in [-0.4, -0.2) is 47.7 Å². The number of likely N-dealkylation sites (N-methyl/N-ethyl adjacent to an activating group) is 1. The molecule has 0 aromatic heterocycles. The fourth-order valence-corrected chi connectivity index (χ4v) is 3.33. The Balaban J connectivity index is 1.65. The highest BCUT2D eigenvalue weighted by atomic mass is 35.5. The van der Waals surface area contributed by atoms with Gasteiger partial charge in [-0.1, -0.05) is 23.2 Å². The van der Waals surface area contributed by atoms with Crippen molar-refractivity contribution in [3.05, 3.63) is 57.6 Å². The fraction of sp³-hybridized carbons (Fsp3) is 0.238. The van der Waals surface area contributed by atoms with E-state index in [2.05, 4.69) is 10.6 Å². The number of fused-ring (bicyclic) bond motifs is 1. The molecule has 0 radical (unpaired) electrons. The Morgan fingerprint density at radius 2 is 1.58 bits per heavy atom. The molecule has 162 valence electrons. The zero-order chi connectivity index (χ0) is 22.7. The minimum atomic E-state index is -1.07. The number of carbonyl (C=O) groups excluding carboxylic acids is 4. The van der Waals surface area contributed by atoms with E-state index in [1.54, 1.807) is 24.3 Å². The summed E-state index contributed by atoms with van der Waals surface area (Å²) in [6.07, 6.45) is 0. The Morgan fingerprint density at radius 3 is 2.10 bits per heavy atom. The zero-order valence-corrected chi connectivity index (χ0v) is 18.2. The second-order valence-corrected chi connectivity index (χ2v) is 7.54. The first-order valence-electron chi connectivity index (χ1n) is 9.40. The quantitative estimate of drug-likeness (QED) is 0.613. The van der Waals surface area contributed by atoms with Crippen LogP contribution in [0.1, 0.15) is 34.6 Å². The van der Waals surface area contributed by atoms with Crippen molar-refractivity contribution in [2.24, 2.45) is 0 Å². The molecule has 0 saturated heterocycles. The molecule has 0 saturated carbocycles. The second-order valence-electron chi connectivity index (χ2n) is 6.72. The van der Waals surface area contributed by atoms with Gasteiger partial charge in [0, 0.05) is 12.2 Å². The molecule has 2 N–H and O–H groups in total. The van der Waals surface area contributed by atoms with E-state index in [1.165, 1.54) is 19.1 Å². The van der Waals surface area contributed by atoms with Crippen molar-refractivity contribution in [3.63, 3.8) is 0 Å². The molecular weight excluding hydrogens is 445 g/mol. The summed E-state index contributed by atoms with van der Waals surface area (Å²) < 4.78 is 5.35. The molecule has 8 nitrogen and oxygen atoms in total. The van der Waals surface area contributed by atoms with Gasteiger partial charge < -0.3 is 15.4 Å². The van der Waals surface area contributed by atoms with Crippen LogP contribution in [0.25, 0.3) is 0 Å². The predicted octanol–water partition coefficient (Wildman–Crippen LogP) is 3.13. The molecule has 2 aromatic carbocycles. The monoisotopic (exact) mass is 463 g/mol. The lowest BCUT2D eigenvalue weighted by Gasteiger charge is -2.21. The van der Waals surface area contributed by atoms with Crippen LogP contribution >= 0.6 is 23.2 Å². The standard InChI is InChI=1S/C21H19Cl2N3O5/c1-3-24-18(27)10-31-13-6-4-12(5-7-13)25-19(28)11(2)26-20(29)14-8-16(22)17(23)9-15(14)21(26)30/h4-9,11H,3,10H2,1-2H3,(H,24,27)(H,25,28). The summed E-state index contributed by atoms with van der Waals surface area (Å²) in [5.41, 5.74) is 0.644. The van der Waals surface area contributed by atoms with E-state index in [4.69, 9.17) is 27.9 Å². The lowest BCUT2D eigenvalue weighted by molar-refractivity contribution is -0.123. The number of rotatable bonds is 7. The number of imide groups is 1. The predicted molar refractivity (Wildman–Crippen MR) is 116 cm³/mol. The van der Waals surface area contributed by atoms with Gasteiger partial charge in [-0.15, -0.1) is 0 Å². The number of anilines is 1. The number of amides is 4. The summed E-state index contributed by atoms with van der Waals surface area (Å²) in [5, 5.41) is 5.56. The van der Waals surface area contributed by atoms with Crippen LogP contribution in [0.15, 0.2) is 36.4 Å². The number of carbonyl (C=O) groups is 4. The highest BCUT2D eigenvalue weighted by molar-refractivity contribution is 6.43. The first kappa shape index (κ1) is 22.6. The molecule has 0 fully saturated rings. The molecular formula is C21H19Cl2N3O5. The molecule has 1 unspecified atom stereocenters. The van der Waals surface area contributed by atoms with Crippen LogP contribution in [0.5, 0.6) is 5.75 Å². The molecule has 1 aliphatic heterocycles. The largest absolute Gasteiger partial charge is 0.484 e. The second kappa shape index (κ2) is 9.36. The van der Waals surface area contributed by atoms with E-state index in [-0.39, 0.29) is 33.7 Å². The van der Waals surface area contributed by atoms with E-state index in [0.717, 1.165) is 4.90 Å². The van der Waals surface area contributed by atoms with Gasteiger partial charge in [-0.25, -0.2) is 0 Å². The normalized spacial score (nSPS) is 13.6. The van der Waals surface area contributed by atoms with Crippen LogP contribution in [-0.2, 0) is 9.59 Å². The van der Waals surface area contributed by atoms with Gasteiger partial charge in [-0.2, -0.15) is 0 Å². The van der Waals surface area contributed by atoms with Gasteiger partial charge in [0.15, 0.2) is 6.61 Å². The van der Waals surface area contributed by atoms with Gasteiger partial charge in [0.2, 0.25) is 5.91 Å². The third kappa shape index (κ3) is 4.81. The van der Waals surface area contributed by atoms with Gasteiger partial charge in [0.1, 0.15) is 11.8 Å². The van der Waals surface area contributed by atoms with E-state index in [1.807, 2.05) is 6.92 Å². The van der Waals surface area contributed by atoms with Crippen LogP contribution in [0, 0.1) is 0 Å². The first-order valence-corrected chi connectivity index (χ1v) is 10.2. The molecule has 3 rings (SSSR count). The number of ether oxygens (including phenoxy) is 1. The van der Waals surface area contributed by atoms with Gasteiger partial charge >= 0.3 is 0 Å². The SMILES string of the molecule is CCNC(=O)COc1ccc(NC(=O)C(C)N2C(=O)c3cc(Cl)c(Cl)cc3C2=O)cc1. The van der Waals surface area contributed by atoms with Crippen molar-refractivity contribution in [1.82, 2.24) is 10.2 Å². The number of benzene rings is 2. The zero-order valence-electron chi connectivity index (χ0n) is 16.7. The number of halogens is 2. The lowest BCUT2D eigenvalue weighted by atomic mass is 10.1. The highest BCUT2D eigenvalue weighted by Gasteiger charge is 2.41. The minimum absolute atomic E-state index is 0.104. The van der Waals surface area contributed by atoms with Crippen molar-refractivity contribution >= 4 is 52.5 Å². The van der Waals surface area contributed by atoms with E-state index in [9.17, 15) is 19.2 Å². The maximum atomic E-state index is 12.7. The Hall–Kier alpha value is -3.10. The molecule has 0 bridgehead atoms. The Labute approximate surface area is 188 Å². The smallest absolute Gasteiger partial charge is 0.262 e. The summed E-state index contributed by atoms with van der Waals surface area (Å²) in [5.74, 6) is -1.57. The molecule has 1 aliphatic rings. The van der Waals surface area contributed by atoms with E-state index in [0.29, 0.717) is 18.0 Å². The van der Waals surface area contributed by atoms with Gasteiger partial charge in [-0.05, 0) is 50.2 Å². The molecule has 0 spiro atoms. The van der Waals surface area contributed by atoms with Crippen molar-refractivity contribution < 1.29 is 23.9 Å². The average molecular weight is 464 g/mol. The maximum Gasteiger partial charge on any atom is 0.262 e. The molecule has 10 heteroatoms. The van der Waals surface area contributed by atoms with E-state index < -0.39 is 23.8 Å². The topological polar surface area (TPSA) is 105 Å². The Kier molecular flexibility index (Phi) is 6.82. The first-order chi connectivity index (χ1) is 14.7. The molecule has 2 aromatic rings. The molecule has 0 aliphatic carbocycles. The summed E-state index contributed by atoms with van der Waals surface area (Å²) >= 11 is 11.9. The van der Waals surface area contributed by atoms with Crippen molar-refractivity contribution in [2.45, 2.75) is 19.9 Å². The van der Waals surface area contributed by atoms with Gasteiger partial charge in [0.25, 0.3) is 17.7 Å². The number of nitrogens with one attached hydrogen (secondary N) is 2. The Bertz CT molecular complexity index is 1010. The van der Waals surface area contributed by atoms with Crippen molar-refractivity contribution in [2.75, 3.05) is 18.5 Å². The summed E-state index contributed by atoms with van der Waals surface area (Å²) in [7, 11) is 0. The van der Waals surface area contributed by atoms with Crippen LogP contribution in [0.2, 0.25) is 10.0 Å². The molecule has 1 atom stereocenters. The van der Waals surface area contributed by atoms with E-state index >= 15 is 0 Å².